The lowest BCUT2D eigenvalue weighted by atomic mass is 10.2. The Kier molecular flexibility index (Phi) is 5.42. The van der Waals surface area contributed by atoms with E-state index in [4.69, 9.17) is 21.1 Å². The molecule has 0 spiro atoms. The fourth-order valence-corrected chi connectivity index (χ4v) is 3.09. The van der Waals surface area contributed by atoms with Gasteiger partial charge in [0.25, 0.3) is 5.91 Å². The highest BCUT2D eigenvalue weighted by Gasteiger charge is 2.19. The number of nitro benzene ring substituents is 1. The average molecular weight is 439 g/mol. The number of nitro groups is 1. The SMILES string of the molecule is COc1cc(C(=O)Nc2nc3ccccc3[nH]2)ccc1Oc1ccc(Cl)cc1[N+](=O)[O-]. The molecule has 0 aliphatic carbocycles. The van der Waals surface area contributed by atoms with Gasteiger partial charge in [-0.05, 0) is 42.5 Å². The molecule has 0 bridgehead atoms. The first kappa shape index (κ1) is 20.2. The lowest BCUT2D eigenvalue weighted by Gasteiger charge is -2.12. The third-order valence-corrected chi connectivity index (χ3v) is 4.62. The van der Waals surface area contributed by atoms with Crippen LogP contribution in [0.3, 0.4) is 0 Å². The van der Waals surface area contributed by atoms with Crippen LogP contribution < -0.4 is 14.8 Å². The van der Waals surface area contributed by atoms with Gasteiger partial charge in [0, 0.05) is 16.7 Å². The summed E-state index contributed by atoms with van der Waals surface area (Å²) in [5.41, 5.74) is 1.52. The second-order valence-electron chi connectivity index (χ2n) is 6.39. The zero-order valence-corrected chi connectivity index (χ0v) is 16.8. The molecule has 1 aromatic heterocycles. The van der Waals surface area contributed by atoms with Gasteiger partial charge >= 0.3 is 5.69 Å². The number of hydrogen-bond acceptors (Lipinski definition) is 6. The fraction of sp³-hybridized carbons (Fsp3) is 0.0476. The molecule has 0 atom stereocenters. The molecule has 4 rings (SSSR count). The average Bonchev–Trinajstić information content (AvgIpc) is 3.17. The highest BCUT2D eigenvalue weighted by molar-refractivity contribution is 6.30. The number of H-pyrrole nitrogens is 1. The van der Waals surface area contributed by atoms with Crippen molar-refractivity contribution < 1.29 is 19.2 Å². The van der Waals surface area contributed by atoms with E-state index in [9.17, 15) is 14.9 Å². The van der Waals surface area contributed by atoms with Gasteiger partial charge in [-0.25, -0.2) is 4.98 Å². The van der Waals surface area contributed by atoms with Gasteiger partial charge in [-0.3, -0.25) is 20.2 Å². The van der Waals surface area contributed by atoms with Crippen LogP contribution in [0.4, 0.5) is 11.6 Å². The van der Waals surface area contributed by atoms with Gasteiger partial charge < -0.3 is 14.5 Å². The molecule has 4 aromatic rings. The summed E-state index contributed by atoms with van der Waals surface area (Å²) < 4.78 is 11.0. The Morgan fingerprint density at radius 1 is 1.10 bits per heavy atom. The number of rotatable bonds is 6. The number of halogens is 1. The maximum atomic E-state index is 12.6. The number of anilines is 1. The van der Waals surface area contributed by atoms with Crippen molar-refractivity contribution in [3.63, 3.8) is 0 Å². The summed E-state index contributed by atoms with van der Waals surface area (Å²) in [6.07, 6.45) is 0. The van der Waals surface area contributed by atoms with E-state index in [1.165, 1.54) is 43.5 Å². The molecular weight excluding hydrogens is 424 g/mol. The van der Waals surface area contributed by atoms with E-state index in [0.717, 1.165) is 11.0 Å². The lowest BCUT2D eigenvalue weighted by molar-refractivity contribution is -0.385. The number of para-hydroxylation sites is 2. The number of nitrogens with one attached hydrogen (secondary N) is 2. The number of ether oxygens (including phenoxy) is 2. The van der Waals surface area contributed by atoms with Gasteiger partial charge in [-0.1, -0.05) is 23.7 Å². The number of hydrogen-bond donors (Lipinski definition) is 2. The molecule has 3 aromatic carbocycles. The lowest BCUT2D eigenvalue weighted by Crippen LogP contribution is -2.13. The molecule has 2 N–H and O–H groups in total. The number of amides is 1. The van der Waals surface area contributed by atoms with E-state index in [-0.39, 0.29) is 33.5 Å². The molecule has 31 heavy (non-hydrogen) atoms. The van der Waals surface area contributed by atoms with Crippen molar-refractivity contribution in [1.29, 1.82) is 0 Å². The van der Waals surface area contributed by atoms with Crippen LogP contribution in [0.25, 0.3) is 11.0 Å². The number of imidazole rings is 1. The van der Waals surface area contributed by atoms with E-state index in [2.05, 4.69) is 15.3 Å². The van der Waals surface area contributed by atoms with Crippen molar-refractivity contribution in [2.24, 2.45) is 0 Å². The van der Waals surface area contributed by atoms with Crippen LogP contribution in [0.5, 0.6) is 17.2 Å². The monoisotopic (exact) mass is 438 g/mol. The van der Waals surface area contributed by atoms with Crippen LogP contribution in [-0.2, 0) is 0 Å². The largest absolute Gasteiger partial charge is 0.493 e. The minimum absolute atomic E-state index is 0.00724. The Balaban J connectivity index is 1.58. The maximum absolute atomic E-state index is 12.6. The third-order valence-electron chi connectivity index (χ3n) is 4.38. The topological polar surface area (TPSA) is 119 Å². The van der Waals surface area contributed by atoms with E-state index < -0.39 is 10.8 Å². The number of nitrogens with zero attached hydrogens (tertiary/aromatic N) is 2. The predicted molar refractivity (Wildman–Crippen MR) is 115 cm³/mol. The minimum Gasteiger partial charge on any atom is -0.493 e. The number of fused-ring (bicyclic) bond motifs is 1. The van der Waals surface area contributed by atoms with Crippen LogP contribution in [-0.4, -0.2) is 27.9 Å². The summed E-state index contributed by atoms with van der Waals surface area (Å²) in [5.74, 6) is 0.311. The summed E-state index contributed by atoms with van der Waals surface area (Å²) in [7, 11) is 1.40. The molecule has 0 aliphatic rings. The molecule has 0 saturated carbocycles. The molecule has 1 amide bonds. The van der Waals surface area contributed by atoms with Crippen molar-refractivity contribution in [1.82, 2.24) is 9.97 Å². The molecule has 1 heterocycles. The van der Waals surface area contributed by atoms with Crippen molar-refractivity contribution >= 4 is 40.2 Å². The van der Waals surface area contributed by atoms with Crippen LogP contribution in [0.1, 0.15) is 10.4 Å². The Hall–Kier alpha value is -4.11. The van der Waals surface area contributed by atoms with Gasteiger partial charge in [-0.2, -0.15) is 0 Å². The van der Waals surface area contributed by atoms with Crippen molar-refractivity contribution in [3.8, 4) is 17.2 Å². The fourth-order valence-electron chi connectivity index (χ4n) is 2.92. The molecule has 0 saturated heterocycles. The number of carbonyl (C=O) groups excluding carboxylic acids is 1. The van der Waals surface area contributed by atoms with Crippen LogP contribution >= 0.6 is 11.6 Å². The second-order valence-corrected chi connectivity index (χ2v) is 6.83. The van der Waals surface area contributed by atoms with Gasteiger partial charge in [-0.15, -0.1) is 0 Å². The van der Waals surface area contributed by atoms with Gasteiger partial charge in [0.15, 0.2) is 11.5 Å². The normalized spacial score (nSPS) is 10.6. The molecule has 156 valence electrons. The number of methoxy groups -OCH3 is 1. The Labute approximate surface area is 180 Å². The Morgan fingerprint density at radius 2 is 1.87 bits per heavy atom. The number of carbonyl (C=O) groups is 1. The second kappa shape index (κ2) is 8.33. The van der Waals surface area contributed by atoms with Crippen molar-refractivity contribution in [3.05, 3.63) is 81.4 Å². The van der Waals surface area contributed by atoms with Crippen molar-refractivity contribution in [2.45, 2.75) is 0 Å². The predicted octanol–water partition coefficient (Wildman–Crippen LogP) is 5.18. The quantitative estimate of drug-likeness (QED) is 0.316. The smallest absolute Gasteiger partial charge is 0.313 e. The first-order valence-corrected chi connectivity index (χ1v) is 9.38. The Morgan fingerprint density at radius 3 is 2.61 bits per heavy atom. The van der Waals surface area contributed by atoms with Gasteiger partial charge in [0.05, 0.1) is 23.1 Å². The van der Waals surface area contributed by atoms with Crippen molar-refractivity contribution in [2.75, 3.05) is 12.4 Å². The van der Waals surface area contributed by atoms with Crippen LogP contribution in [0.15, 0.2) is 60.7 Å². The van der Waals surface area contributed by atoms with Crippen LogP contribution in [0.2, 0.25) is 5.02 Å². The first-order chi connectivity index (χ1) is 14.9. The van der Waals surface area contributed by atoms with E-state index in [1.54, 1.807) is 0 Å². The Bertz CT molecular complexity index is 1270. The standard InChI is InChI=1S/C21H15ClN4O5/c1-30-19-10-12(20(27)25-21-23-14-4-2-3-5-15(14)24-21)6-8-18(19)31-17-9-7-13(22)11-16(17)26(28)29/h2-11H,1H3,(H2,23,24,25,27). The van der Waals surface area contributed by atoms with E-state index in [1.807, 2.05) is 24.3 Å². The summed E-state index contributed by atoms with van der Waals surface area (Å²) in [4.78, 5) is 30.6. The molecule has 9 nitrogen and oxygen atoms in total. The molecule has 10 heteroatoms. The van der Waals surface area contributed by atoms with E-state index in [0.29, 0.717) is 5.95 Å². The summed E-state index contributed by atoms with van der Waals surface area (Å²) in [6, 6.07) is 15.9. The summed E-state index contributed by atoms with van der Waals surface area (Å²) in [5, 5.41) is 14.2. The molecule has 0 aliphatic heterocycles. The maximum Gasteiger partial charge on any atom is 0.313 e. The summed E-state index contributed by atoms with van der Waals surface area (Å²) >= 11 is 5.83. The van der Waals surface area contributed by atoms with E-state index >= 15 is 0 Å². The number of benzene rings is 3. The third kappa shape index (κ3) is 4.26. The zero-order chi connectivity index (χ0) is 22.0. The van der Waals surface area contributed by atoms with Crippen LogP contribution in [0, 0.1) is 10.1 Å². The zero-order valence-electron chi connectivity index (χ0n) is 16.1. The number of aromatic nitrogens is 2. The molecule has 0 unspecified atom stereocenters. The minimum atomic E-state index is -0.594. The molecule has 0 radical (unpaired) electrons. The highest BCUT2D eigenvalue weighted by Crippen LogP contribution is 2.38. The number of aromatic amines is 1. The first-order valence-electron chi connectivity index (χ1n) is 9.00. The van der Waals surface area contributed by atoms with Gasteiger partial charge in [0.2, 0.25) is 11.7 Å². The summed E-state index contributed by atoms with van der Waals surface area (Å²) in [6.45, 7) is 0. The highest BCUT2D eigenvalue weighted by atomic mass is 35.5. The molecular formula is C21H15ClN4O5. The molecule has 0 fully saturated rings. The van der Waals surface area contributed by atoms with Gasteiger partial charge in [0.1, 0.15) is 0 Å².